The van der Waals surface area contributed by atoms with E-state index >= 15 is 0 Å². The number of thiol groups is 1. The lowest BCUT2D eigenvalue weighted by molar-refractivity contribution is -0.152. The molecule has 114 valence electrons. The van der Waals surface area contributed by atoms with Gasteiger partial charge < -0.3 is 10.1 Å². The van der Waals surface area contributed by atoms with E-state index in [1.807, 2.05) is 6.07 Å². The zero-order chi connectivity index (χ0) is 16.3. The average molecular weight is 337 g/mol. The Morgan fingerprint density at radius 2 is 2.18 bits per heavy atom. The molecule has 1 aromatic rings. The second-order valence-corrected chi connectivity index (χ2v) is 5.45. The Morgan fingerprint density at radius 3 is 2.77 bits per heavy atom. The Kier molecular flexibility index (Phi) is 5.11. The van der Waals surface area contributed by atoms with Crippen molar-refractivity contribution in [3.05, 3.63) is 45.5 Å². The first kappa shape index (κ1) is 16.4. The van der Waals surface area contributed by atoms with Crippen LogP contribution >= 0.6 is 24.2 Å². The topological polar surface area (TPSA) is 79.2 Å². The Labute approximate surface area is 138 Å². The van der Waals surface area contributed by atoms with Gasteiger partial charge in [-0.3, -0.25) is 9.59 Å². The number of nitrogens with one attached hydrogen (secondary N) is 1. The van der Waals surface area contributed by atoms with E-state index in [1.54, 1.807) is 31.2 Å². The third kappa shape index (κ3) is 2.96. The first-order valence-corrected chi connectivity index (χ1v) is 7.38. The molecule has 0 spiro atoms. The molecular formula is C15H13ClN2O3S. The number of benzene rings is 1. The molecule has 1 aromatic carbocycles. The van der Waals surface area contributed by atoms with E-state index in [2.05, 4.69) is 17.9 Å². The van der Waals surface area contributed by atoms with Crippen molar-refractivity contribution < 1.29 is 14.3 Å². The number of allylic oxidation sites excluding steroid dienone is 1. The van der Waals surface area contributed by atoms with Gasteiger partial charge in [-0.25, -0.2) is 0 Å². The third-order valence-electron chi connectivity index (χ3n) is 3.32. The highest BCUT2D eigenvalue weighted by molar-refractivity contribution is 7.84. The van der Waals surface area contributed by atoms with Gasteiger partial charge in [0.2, 0.25) is 5.91 Å². The Morgan fingerprint density at radius 1 is 1.50 bits per heavy atom. The molecule has 0 saturated heterocycles. The number of nitrogens with zero attached hydrogens (tertiary/aromatic N) is 1. The predicted molar refractivity (Wildman–Crippen MR) is 84.1 cm³/mol. The fraction of sp³-hybridized carbons (Fsp3) is 0.267. The van der Waals surface area contributed by atoms with E-state index < -0.39 is 23.7 Å². The fourth-order valence-corrected chi connectivity index (χ4v) is 2.94. The van der Waals surface area contributed by atoms with Gasteiger partial charge in [-0.05, 0) is 18.6 Å². The summed E-state index contributed by atoms with van der Waals surface area (Å²) >= 11 is 10.3. The molecule has 1 N–H and O–H groups in total. The zero-order valence-electron chi connectivity index (χ0n) is 11.7. The predicted octanol–water partition coefficient (Wildman–Crippen LogP) is 2.40. The number of hydrogen-bond donors (Lipinski definition) is 2. The van der Waals surface area contributed by atoms with Crippen molar-refractivity contribution in [1.29, 1.82) is 5.26 Å². The molecule has 1 amide bonds. The minimum absolute atomic E-state index is 0.123. The zero-order valence-corrected chi connectivity index (χ0v) is 13.3. The highest BCUT2D eigenvalue weighted by Crippen LogP contribution is 2.40. The molecule has 1 aliphatic rings. The molecule has 5 nitrogen and oxygen atoms in total. The van der Waals surface area contributed by atoms with Crippen LogP contribution in [0.25, 0.3) is 0 Å². The van der Waals surface area contributed by atoms with Crippen molar-refractivity contribution in [3.8, 4) is 6.07 Å². The number of carbonyl (C=O) groups is 2. The van der Waals surface area contributed by atoms with Gasteiger partial charge in [-0.2, -0.15) is 5.26 Å². The van der Waals surface area contributed by atoms with Crippen LogP contribution in [0, 0.1) is 17.2 Å². The van der Waals surface area contributed by atoms with Crippen LogP contribution in [0.3, 0.4) is 0 Å². The lowest BCUT2D eigenvalue weighted by Gasteiger charge is -2.30. The Balaban J connectivity index is 2.61. The monoisotopic (exact) mass is 336 g/mol. The lowest BCUT2D eigenvalue weighted by atomic mass is 9.78. The number of carbonyl (C=O) groups excluding carboxylic acids is 2. The summed E-state index contributed by atoms with van der Waals surface area (Å²) in [4.78, 5) is 24.4. The van der Waals surface area contributed by atoms with Crippen LogP contribution in [0.5, 0.6) is 0 Å². The summed E-state index contributed by atoms with van der Waals surface area (Å²) in [5.41, 5.74) is 0.689. The van der Waals surface area contributed by atoms with Gasteiger partial charge in [0.15, 0.2) is 0 Å². The maximum atomic E-state index is 12.2. The first-order valence-electron chi connectivity index (χ1n) is 6.56. The van der Waals surface area contributed by atoms with Crippen molar-refractivity contribution in [1.82, 2.24) is 5.32 Å². The SMILES string of the molecule is CCOC(=O)[C@@H]1C(=O)NC(S)=C(C#N)[C@@H]1c1ccccc1Cl. The number of ether oxygens (including phenoxy) is 1. The number of halogens is 1. The first-order chi connectivity index (χ1) is 10.5. The molecule has 1 heterocycles. The Hall–Kier alpha value is -1.97. The molecule has 0 unspecified atom stereocenters. The van der Waals surface area contributed by atoms with Crippen molar-refractivity contribution in [2.24, 2.45) is 5.92 Å². The highest BCUT2D eigenvalue weighted by Gasteiger charge is 2.44. The molecule has 2 atom stereocenters. The van der Waals surface area contributed by atoms with Gasteiger partial charge in [0.25, 0.3) is 0 Å². The summed E-state index contributed by atoms with van der Waals surface area (Å²) in [6.45, 7) is 1.78. The molecular weight excluding hydrogens is 324 g/mol. The van der Waals surface area contributed by atoms with Crippen LogP contribution in [0.15, 0.2) is 34.9 Å². The van der Waals surface area contributed by atoms with E-state index in [9.17, 15) is 14.9 Å². The highest BCUT2D eigenvalue weighted by atomic mass is 35.5. The van der Waals surface area contributed by atoms with Gasteiger partial charge in [-0.1, -0.05) is 29.8 Å². The normalized spacial score (nSPS) is 21.1. The van der Waals surface area contributed by atoms with E-state index in [0.29, 0.717) is 10.6 Å². The molecule has 0 aromatic heterocycles. The van der Waals surface area contributed by atoms with Crippen LogP contribution < -0.4 is 5.32 Å². The quantitative estimate of drug-likeness (QED) is 0.504. The van der Waals surface area contributed by atoms with Gasteiger partial charge in [-0.15, -0.1) is 12.6 Å². The van der Waals surface area contributed by atoms with E-state index in [4.69, 9.17) is 16.3 Å². The van der Waals surface area contributed by atoms with Gasteiger partial charge in [0.05, 0.1) is 23.3 Å². The van der Waals surface area contributed by atoms with Crippen LogP contribution in [0.1, 0.15) is 18.4 Å². The average Bonchev–Trinajstić information content (AvgIpc) is 2.47. The van der Waals surface area contributed by atoms with Crippen molar-refractivity contribution >= 4 is 36.1 Å². The third-order valence-corrected chi connectivity index (χ3v) is 4.02. The maximum absolute atomic E-state index is 12.2. The number of rotatable bonds is 3. The molecule has 2 rings (SSSR count). The summed E-state index contributed by atoms with van der Waals surface area (Å²) < 4.78 is 4.97. The molecule has 0 fully saturated rings. The van der Waals surface area contributed by atoms with Crippen LogP contribution in [0.2, 0.25) is 5.02 Å². The van der Waals surface area contributed by atoms with Crippen LogP contribution in [0.4, 0.5) is 0 Å². The molecule has 0 saturated carbocycles. The fourth-order valence-electron chi connectivity index (χ4n) is 2.39. The van der Waals surface area contributed by atoms with Gasteiger partial charge in [0.1, 0.15) is 5.92 Å². The minimum Gasteiger partial charge on any atom is -0.465 e. The number of amides is 1. The molecule has 0 radical (unpaired) electrons. The molecule has 0 bridgehead atoms. The molecule has 0 aliphatic carbocycles. The molecule has 22 heavy (non-hydrogen) atoms. The molecule has 1 aliphatic heterocycles. The largest absolute Gasteiger partial charge is 0.465 e. The summed E-state index contributed by atoms with van der Waals surface area (Å²) in [5, 5.41) is 12.3. The summed E-state index contributed by atoms with van der Waals surface area (Å²) in [6.07, 6.45) is 0. The summed E-state index contributed by atoms with van der Waals surface area (Å²) in [7, 11) is 0. The second kappa shape index (κ2) is 6.86. The van der Waals surface area contributed by atoms with E-state index in [0.717, 1.165) is 0 Å². The van der Waals surface area contributed by atoms with E-state index in [-0.39, 0.29) is 17.2 Å². The number of hydrogen-bond acceptors (Lipinski definition) is 5. The number of esters is 1. The van der Waals surface area contributed by atoms with Crippen LogP contribution in [-0.2, 0) is 14.3 Å². The summed E-state index contributed by atoms with van der Waals surface area (Å²) in [5.74, 6) is -3.25. The van der Waals surface area contributed by atoms with Crippen LogP contribution in [-0.4, -0.2) is 18.5 Å². The van der Waals surface area contributed by atoms with Crippen molar-refractivity contribution in [2.75, 3.05) is 6.61 Å². The minimum atomic E-state index is -1.18. The lowest BCUT2D eigenvalue weighted by Crippen LogP contribution is -2.44. The number of nitriles is 1. The van der Waals surface area contributed by atoms with Crippen molar-refractivity contribution in [2.45, 2.75) is 12.8 Å². The van der Waals surface area contributed by atoms with Crippen molar-refractivity contribution in [3.63, 3.8) is 0 Å². The van der Waals surface area contributed by atoms with Gasteiger partial charge >= 0.3 is 5.97 Å². The molecule has 7 heteroatoms. The van der Waals surface area contributed by atoms with Gasteiger partial charge in [0, 0.05) is 10.9 Å². The summed E-state index contributed by atoms with van der Waals surface area (Å²) in [6, 6.07) is 8.77. The second-order valence-electron chi connectivity index (χ2n) is 4.59. The maximum Gasteiger partial charge on any atom is 0.319 e. The smallest absolute Gasteiger partial charge is 0.319 e. The standard InChI is InChI=1S/C15H13ClN2O3S/c1-2-21-15(20)12-11(8-5-3-4-6-10(8)16)9(7-17)14(22)18-13(12)19/h3-6,11-12,22H,2H2,1H3,(H,18,19)/t11-,12-/m0/s1. The Bertz CT molecular complexity index is 696. The van der Waals surface area contributed by atoms with E-state index in [1.165, 1.54) is 0 Å².